The fourth-order valence-corrected chi connectivity index (χ4v) is 4.61. The van der Waals surface area contributed by atoms with Crippen molar-refractivity contribution in [3.05, 3.63) is 40.5 Å². The molecule has 3 aromatic heterocycles. The van der Waals surface area contributed by atoms with Gasteiger partial charge in [0.25, 0.3) is 11.8 Å². The molecular formula is C20H23N5O3S. The van der Waals surface area contributed by atoms with E-state index in [1.165, 1.54) is 29.3 Å². The van der Waals surface area contributed by atoms with E-state index in [0.717, 1.165) is 17.7 Å². The number of esters is 1. The average Bonchev–Trinajstić information content (AvgIpc) is 3.31. The van der Waals surface area contributed by atoms with Gasteiger partial charge in [-0.05, 0) is 42.2 Å². The Kier molecular flexibility index (Phi) is 5.08. The number of carbonyl (C=O) groups is 1. The lowest BCUT2D eigenvalue weighted by Gasteiger charge is -2.33. The molecule has 1 aliphatic carbocycles. The quantitative estimate of drug-likeness (QED) is 0.644. The molecule has 3 heterocycles. The predicted molar refractivity (Wildman–Crippen MR) is 108 cm³/mol. The zero-order chi connectivity index (χ0) is 20.6. The molecule has 0 unspecified atom stereocenters. The Hall–Kier alpha value is -2.81. The molecule has 152 valence electrons. The van der Waals surface area contributed by atoms with Crippen LogP contribution in [0.15, 0.2) is 22.9 Å². The van der Waals surface area contributed by atoms with Crippen molar-refractivity contribution in [2.75, 3.05) is 5.73 Å². The number of nitrogens with zero attached hydrogens (tertiary/aromatic N) is 4. The highest BCUT2D eigenvalue weighted by Gasteiger charge is 2.30. The van der Waals surface area contributed by atoms with Crippen molar-refractivity contribution in [2.24, 2.45) is 11.3 Å². The summed E-state index contributed by atoms with van der Waals surface area (Å²) in [5, 5.41) is 8.10. The van der Waals surface area contributed by atoms with Gasteiger partial charge in [-0.25, -0.2) is 14.8 Å². The molecule has 0 aliphatic heterocycles. The van der Waals surface area contributed by atoms with Gasteiger partial charge in [0.2, 0.25) is 0 Å². The molecule has 0 aromatic carbocycles. The van der Waals surface area contributed by atoms with Gasteiger partial charge in [0.05, 0.1) is 4.88 Å². The summed E-state index contributed by atoms with van der Waals surface area (Å²) in [6, 6.07) is 2.15. The molecule has 4 rings (SSSR count). The first-order valence-corrected chi connectivity index (χ1v) is 10.3. The van der Waals surface area contributed by atoms with Crippen molar-refractivity contribution >= 4 is 23.1 Å². The van der Waals surface area contributed by atoms with Crippen LogP contribution >= 0.6 is 11.3 Å². The van der Waals surface area contributed by atoms with E-state index in [1.54, 1.807) is 11.3 Å². The lowest BCUT2D eigenvalue weighted by atomic mass is 9.72. The Morgan fingerprint density at radius 2 is 2.10 bits per heavy atom. The SMILES string of the molecule is CC(C)(C)[C@H]1CCc2sc(-c3nnc(COC(=O)c4nccnc4N)o3)cc2C1. The molecule has 1 aliphatic rings. The molecule has 0 fully saturated rings. The standard InChI is InChI=1S/C20H23N5O3S/c1-20(2,3)12-4-5-13-11(8-12)9-14(29-13)18-25-24-15(28-18)10-27-19(26)16-17(21)23-7-6-22-16/h6-7,9,12H,4-5,8,10H2,1-3H3,(H2,21,23)/t12-/m0/s1. The number of carbonyl (C=O) groups excluding carboxylic acids is 1. The maximum atomic E-state index is 12.1. The fraction of sp³-hybridized carbons (Fsp3) is 0.450. The van der Waals surface area contributed by atoms with Crippen molar-refractivity contribution in [3.8, 4) is 10.8 Å². The van der Waals surface area contributed by atoms with Gasteiger partial charge < -0.3 is 14.9 Å². The lowest BCUT2D eigenvalue weighted by Crippen LogP contribution is -2.26. The summed E-state index contributed by atoms with van der Waals surface area (Å²) in [4.78, 5) is 22.1. The van der Waals surface area contributed by atoms with Gasteiger partial charge in [-0.3, -0.25) is 0 Å². The van der Waals surface area contributed by atoms with Gasteiger partial charge in [0.15, 0.2) is 18.1 Å². The van der Waals surface area contributed by atoms with E-state index in [1.807, 2.05) is 0 Å². The highest BCUT2D eigenvalue weighted by Crippen LogP contribution is 2.42. The number of fused-ring (bicyclic) bond motifs is 1. The van der Waals surface area contributed by atoms with Gasteiger partial charge in [0.1, 0.15) is 0 Å². The number of ether oxygens (including phenoxy) is 1. The third-order valence-corrected chi connectivity index (χ3v) is 6.46. The average molecular weight is 414 g/mol. The third-order valence-electron chi connectivity index (χ3n) is 5.23. The Balaban J connectivity index is 1.43. The van der Waals surface area contributed by atoms with Gasteiger partial charge in [-0.2, -0.15) is 0 Å². The van der Waals surface area contributed by atoms with Crippen LogP contribution in [0.3, 0.4) is 0 Å². The number of hydrogen-bond acceptors (Lipinski definition) is 9. The third kappa shape index (κ3) is 4.14. The Morgan fingerprint density at radius 1 is 1.31 bits per heavy atom. The second kappa shape index (κ2) is 7.55. The number of hydrogen-bond donors (Lipinski definition) is 1. The molecule has 9 heteroatoms. The van der Waals surface area contributed by atoms with E-state index in [2.05, 4.69) is 47.0 Å². The van der Waals surface area contributed by atoms with Crippen LogP contribution in [-0.4, -0.2) is 26.1 Å². The van der Waals surface area contributed by atoms with Crippen molar-refractivity contribution in [3.63, 3.8) is 0 Å². The molecule has 3 aromatic rings. The molecule has 1 atom stereocenters. The molecule has 2 N–H and O–H groups in total. The van der Waals surface area contributed by atoms with Gasteiger partial charge >= 0.3 is 5.97 Å². The number of aryl methyl sites for hydroxylation is 1. The van der Waals surface area contributed by atoms with Gasteiger partial charge in [-0.15, -0.1) is 21.5 Å². The summed E-state index contributed by atoms with van der Waals surface area (Å²) in [5.41, 5.74) is 7.27. The zero-order valence-electron chi connectivity index (χ0n) is 16.6. The van der Waals surface area contributed by atoms with Crippen molar-refractivity contribution in [1.82, 2.24) is 20.2 Å². The van der Waals surface area contributed by atoms with E-state index >= 15 is 0 Å². The molecule has 0 saturated carbocycles. The van der Waals surface area contributed by atoms with Crippen molar-refractivity contribution in [1.29, 1.82) is 0 Å². The highest BCUT2D eigenvalue weighted by molar-refractivity contribution is 7.15. The number of nitrogen functional groups attached to an aromatic ring is 1. The lowest BCUT2D eigenvalue weighted by molar-refractivity contribution is 0.0432. The van der Waals surface area contributed by atoms with E-state index in [4.69, 9.17) is 14.9 Å². The molecule has 0 bridgehead atoms. The molecule has 0 radical (unpaired) electrons. The number of rotatable bonds is 4. The summed E-state index contributed by atoms with van der Waals surface area (Å²) in [5.74, 6) is 0.664. The monoisotopic (exact) mass is 413 g/mol. The summed E-state index contributed by atoms with van der Waals surface area (Å²) in [7, 11) is 0. The van der Waals surface area contributed by atoms with Crippen LogP contribution in [0.2, 0.25) is 0 Å². The minimum Gasteiger partial charge on any atom is -0.451 e. The van der Waals surface area contributed by atoms with Gasteiger partial charge in [0, 0.05) is 17.3 Å². The van der Waals surface area contributed by atoms with Crippen LogP contribution in [0.4, 0.5) is 5.82 Å². The second-order valence-corrected chi connectivity index (χ2v) is 9.37. The smallest absolute Gasteiger partial charge is 0.361 e. The zero-order valence-corrected chi connectivity index (χ0v) is 17.5. The van der Waals surface area contributed by atoms with E-state index < -0.39 is 5.97 Å². The first kappa shape index (κ1) is 19.5. The molecule has 0 saturated heterocycles. The molecular weight excluding hydrogens is 390 g/mol. The summed E-state index contributed by atoms with van der Waals surface area (Å²) >= 11 is 1.70. The largest absolute Gasteiger partial charge is 0.451 e. The summed E-state index contributed by atoms with van der Waals surface area (Å²) < 4.78 is 10.9. The number of aromatic nitrogens is 4. The maximum absolute atomic E-state index is 12.1. The van der Waals surface area contributed by atoms with Crippen LogP contribution in [0.1, 0.15) is 54.0 Å². The van der Waals surface area contributed by atoms with E-state index in [9.17, 15) is 4.79 Å². The predicted octanol–water partition coefficient (Wildman–Crippen LogP) is 3.68. The number of anilines is 1. The van der Waals surface area contributed by atoms with Crippen molar-refractivity contribution in [2.45, 2.75) is 46.6 Å². The topological polar surface area (TPSA) is 117 Å². The number of thiophene rings is 1. The van der Waals surface area contributed by atoms with Crippen LogP contribution < -0.4 is 5.73 Å². The molecule has 0 spiro atoms. The van der Waals surface area contributed by atoms with Crippen LogP contribution in [0.5, 0.6) is 0 Å². The molecule has 8 nitrogen and oxygen atoms in total. The summed E-state index contributed by atoms with van der Waals surface area (Å²) in [6.45, 7) is 6.75. The maximum Gasteiger partial charge on any atom is 0.361 e. The second-order valence-electron chi connectivity index (χ2n) is 8.23. The first-order chi connectivity index (χ1) is 13.8. The normalized spacial score (nSPS) is 16.4. The number of nitrogens with two attached hydrogens (primary N) is 1. The van der Waals surface area contributed by atoms with Crippen LogP contribution in [0.25, 0.3) is 10.8 Å². The van der Waals surface area contributed by atoms with Crippen molar-refractivity contribution < 1.29 is 13.9 Å². The van der Waals surface area contributed by atoms with E-state index in [-0.39, 0.29) is 24.0 Å². The van der Waals surface area contributed by atoms with Crippen LogP contribution in [0, 0.1) is 11.3 Å². The van der Waals surface area contributed by atoms with E-state index in [0.29, 0.717) is 17.2 Å². The molecule has 29 heavy (non-hydrogen) atoms. The minimum absolute atomic E-state index is 0.0152. The highest BCUT2D eigenvalue weighted by atomic mass is 32.1. The summed E-state index contributed by atoms with van der Waals surface area (Å²) in [6.07, 6.45) is 6.14. The van der Waals surface area contributed by atoms with Crippen LogP contribution in [-0.2, 0) is 24.2 Å². The first-order valence-electron chi connectivity index (χ1n) is 9.49. The Morgan fingerprint density at radius 3 is 2.86 bits per heavy atom. The Labute approximate surface area is 172 Å². The fourth-order valence-electron chi connectivity index (χ4n) is 3.48. The minimum atomic E-state index is -0.685. The van der Waals surface area contributed by atoms with Gasteiger partial charge in [-0.1, -0.05) is 20.8 Å². The Bertz CT molecular complexity index is 1040. The molecule has 0 amide bonds.